The number of Topliss-reactive ketones (excluding diaryl/α,β-unsaturated/α-hetero) is 1. The van der Waals surface area contributed by atoms with Crippen LogP contribution in [0.1, 0.15) is 48.9 Å². The molecular weight excluding hydrogens is 618 g/mol. The predicted octanol–water partition coefficient (Wildman–Crippen LogP) is 6.94. The SMILES string of the molecule is CCCCCOc1cccc([C@@H]2/C(=C(\O)c3ccc4c(c3)OCCO4)C(=O)C(=O)N2c2nnc(SCc3ccc(F)cc3)s2)c1. The minimum absolute atomic E-state index is 0.0875. The molecule has 2 aliphatic heterocycles. The number of fused-ring (bicyclic) bond motifs is 1. The lowest BCUT2D eigenvalue weighted by atomic mass is 9.95. The average molecular weight is 648 g/mol. The number of carbonyl (C=O) groups excluding carboxylic acids is 2. The number of hydrogen-bond donors (Lipinski definition) is 1. The summed E-state index contributed by atoms with van der Waals surface area (Å²) < 4.78 is 31.2. The third kappa shape index (κ3) is 6.66. The van der Waals surface area contributed by atoms with Crippen LogP contribution >= 0.6 is 23.1 Å². The topological polar surface area (TPSA) is 111 Å². The molecule has 0 unspecified atom stereocenters. The molecule has 1 fully saturated rings. The van der Waals surface area contributed by atoms with E-state index in [0.29, 0.717) is 58.3 Å². The van der Waals surface area contributed by atoms with Gasteiger partial charge in [0.1, 0.15) is 30.5 Å². The van der Waals surface area contributed by atoms with Gasteiger partial charge in [-0.1, -0.05) is 67.1 Å². The quantitative estimate of drug-likeness (QED) is 0.0462. The van der Waals surface area contributed by atoms with Crippen molar-refractivity contribution in [2.24, 2.45) is 0 Å². The van der Waals surface area contributed by atoms with Crippen LogP contribution in [0.3, 0.4) is 0 Å². The molecule has 0 saturated carbocycles. The Kier molecular flexibility index (Phi) is 9.31. The number of aliphatic hydroxyl groups is 1. The minimum atomic E-state index is -1.000. The fourth-order valence-corrected chi connectivity index (χ4v) is 6.92. The fraction of sp³-hybridized carbons (Fsp3) is 0.273. The van der Waals surface area contributed by atoms with Crippen LogP contribution in [0, 0.1) is 5.82 Å². The molecule has 0 radical (unpaired) electrons. The molecule has 1 saturated heterocycles. The van der Waals surface area contributed by atoms with Gasteiger partial charge in [0.2, 0.25) is 5.13 Å². The Labute approximate surface area is 267 Å². The van der Waals surface area contributed by atoms with Crippen molar-refractivity contribution in [2.45, 2.75) is 42.3 Å². The molecule has 1 aromatic heterocycles. The highest BCUT2D eigenvalue weighted by molar-refractivity contribution is 8.00. The first-order chi connectivity index (χ1) is 21.9. The largest absolute Gasteiger partial charge is 0.507 e. The van der Waals surface area contributed by atoms with E-state index in [9.17, 15) is 19.1 Å². The van der Waals surface area contributed by atoms with Gasteiger partial charge in [-0.25, -0.2) is 4.39 Å². The Morgan fingerprint density at radius 3 is 2.64 bits per heavy atom. The second-order valence-electron chi connectivity index (χ2n) is 10.4. The summed E-state index contributed by atoms with van der Waals surface area (Å²) in [6.07, 6.45) is 2.99. The molecule has 12 heteroatoms. The molecule has 1 amide bonds. The molecule has 45 heavy (non-hydrogen) atoms. The van der Waals surface area contributed by atoms with Gasteiger partial charge in [-0.15, -0.1) is 10.2 Å². The van der Waals surface area contributed by atoms with Crippen LogP contribution in [0.4, 0.5) is 9.52 Å². The summed E-state index contributed by atoms with van der Waals surface area (Å²) in [5, 5.41) is 20.3. The van der Waals surface area contributed by atoms with Gasteiger partial charge in [0.25, 0.3) is 5.78 Å². The standard InChI is InChI=1S/C33H30FN3O6S2/c1-2-3-4-14-41-24-7-5-6-21(17-24)28-27(29(38)22-10-13-25-26(18-22)43-16-15-42-25)30(39)31(40)37(28)32-35-36-33(45-32)44-19-20-8-11-23(34)12-9-20/h5-13,17-18,28,38H,2-4,14-16,19H2,1H3/b29-27+/t28-/m1/s1. The van der Waals surface area contributed by atoms with Crippen LogP contribution in [-0.2, 0) is 15.3 Å². The summed E-state index contributed by atoms with van der Waals surface area (Å²) in [7, 11) is 0. The third-order valence-corrected chi connectivity index (χ3v) is 9.45. The monoisotopic (exact) mass is 647 g/mol. The summed E-state index contributed by atoms with van der Waals surface area (Å²) in [5.41, 5.74) is 1.68. The maximum atomic E-state index is 13.7. The number of unbranched alkanes of at least 4 members (excludes halogenated alkanes) is 2. The molecule has 9 nitrogen and oxygen atoms in total. The highest BCUT2D eigenvalue weighted by Gasteiger charge is 2.48. The van der Waals surface area contributed by atoms with E-state index < -0.39 is 17.7 Å². The summed E-state index contributed by atoms with van der Waals surface area (Å²) in [4.78, 5) is 28.6. The van der Waals surface area contributed by atoms with E-state index in [4.69, 9.17) is 14.2 Å². The van der Waals surface area contributed by atoms with E-state index in [2.05, 4.69) is 17.1 Å². The number of carbonyl (C=O) groups is 2. The van der Waals surface area contributed by atoms with Crippen molar-refractivity contribution in [3.8, 4) is 17.2 Å². The fourth-order valence-electron chi connectivity index (χ4n) is 5.09. The Balaban J connectivity index is 1.37. The number of ketones is 1. The number of ether oxygens (including phenoxy) is 3. The van der Waals surface area contributed by atoms with Gasteiger partial charge in [-0.3, -0.25) is 14.5 Å². The summed E-state index contributed by atoms with van der Waals surface area (Å²) in [5.74, 6) is -0.281. The third-order valence-electron chi connectivity index (χ3n) is 7.33. The lowest BCUT2D eigenvalue weighted by Gasteiger charge is -2.23. The maximum absolute atomic E-state index is 13.7. The predicted molar refractivity (Wildman–Crippen MR) is 170 cm³/mol. The van der Waals surface area contributed by atoms with Crippen molar-refractivity contribution in [3.63, 3.8) is 0 Å². The van der Waals surface area contributed by atoms with Crippen LogP contribution in [0.25, 0.3) is 5.76 Å². The van der Waals surface area contributed by atoms with Gasteiger partial charge in [0, 0.05) is 11.3 Å². The Hall–Kier alpha value is -4.42. The van der Waals surface area contributed by atoms with Crippen molar-refractivity contribution in [2.75, 3.05) is 24.7 Å². The normalized spacial score (nSPS) is 17.1. The summed E-state index contributed by atoms with van der Waals surface area (Å²) >= 11 is 2.54. The highest BCUT2D eigenvalue weighted by Crippen LogP contribution is 2.45. The zero-order valence-electron chi connectivity index (χ0n) is 24.4. The van der Waals surface area contributed by atoms with Crippen molar-refractivity contribution < 1.29 is 33.3 Å². The molecule has 0 spiro atoms. The molecule has 1 N–H and O–H groups in total. The Bertz CT molecular complexity index is 1740. The van der Waals surface area contributed by atoms with Crippen molar-refractivity contribution >= 4 is 45.7 Å². The number of amides is 1. The first-order valence-corrected chi connectivity index (χ1v) is 16.4. The van der Waals surface area contributed by atoms with Crippen LogP contribution < -0.4 is 19.1 Å². The van der Waals surface area contributed by atoms with Gasteiger partial charge in [0.05, 0.1) is 18.2 Å². The Morgan fingerprint density at radius 1 is 1.04 bits per heavy atom. The molecule has 4 aromatic rings. The van der Waals surface area contributed by atoms with E-state index in [-0.39, 0.29) is 22.3 Å². The maximum Gasteiger partial charge on any atom is 0.301 e. The first kappa shape index (κ1) is 30.6. The molecule has 3 heterocycles. The molecule has 3 aromatic carbocycles. The van der Waals surface area contributed by atoms with E-state index in [1.807, 2.05) is 6.07 Å². The zero-order chi connectivity index (χ0) is 31.3. The van der Waals surface area contributed by atoms with Gasteiger partial charge in [-0.05, 0) is 60.0 Å². The van der Waals surface area contributed by atoms with Gasteiger partial charge in [-0.2, -0.15) is 0 Å². The molecule has 0 bridgehead atoms. The van der Waals surface area contributed by atoms with Gasteiger partial charge in [0.15, 0.2) is 15.8 Å². The molecule has 2 aliphatic rings. The number of thioether (sulfide) groups is 1. The van der Waals surface area contributed by atoms with Crippen molar-refractivity contribution in [1.29, 1.82) is 0 Å². The van der Waals surface area contributed by atoms with Crippen molar-refractivity contribution in [3.05, 3.63) is 94.8 Å². The molecule has 6 rings (SSSR count). The zero-order valence-corrected chi connectivity index (χ0v) is 26.0. The molecule has 1 atom stereocenters. The van der Waals surface area contributed by atoms with E-state index in [1.165, 1.54) is 28.8 Å². The molecule has 0 aliphatic carbocycles. The van der Waals surface area contributed by atoms with Crippen LogP contribution in [0.2, 0.25) is 0 Å². The average Bonchev–Trinajstić information content (AvgIpc) is 3.64. The van der Waals surface area contributed by atoms with E-state index in [0.717, 1.165) is 36.2 Å². The number of halogens is 1. The first-order valence-electron chi connectivity index (χ1n) is 14.6. The molecule has 232 valence electrons. The Morgan fingerprint density at radius 2 is 1.84 bits per heavy atom. The second kappa shape index (κ2) is 13.7. The second-order valence-corrected chi connectivity index (χ2v) is 12.6. The van der Waals surface area contributed by atoms with Crippen LogP contribution in [0.15, 0.2) is 76.6 Å². The minimum Gasteiger partial charge on any atom is -0.507 e. The number of nitrogens with zero attached hydrogens (tertiary/aromatic N) is 3. The number of aromatic nitrogens is 2. The van der Waals surface area contributed by atoms with Gasteiger partial charge < -0.3 is 19.3 Å². The number of rotatable bonds is 11. The number of anilines is 1. The van der Waals surface area contributed by atoms with Crippen LogP contribution in [0.5, 0.6) is 17.2 Å². The lowest BCUT2D eigenvalue weighted by molar-refractivity contribution is -0.132. The smallest absolute Gasteiger partial charge is 0.301 e. The van der Waals surface area contributed by atoms with Crippen molar-refractivity contribution in [1.82, 2.24) is 10.2 Å². The van der Waals surface area contributed by atoms with Gasteiger partial charge >= 0.3 is 5.91 Å². The summed E-state index contributed by atoms with van der Waals surface area (Å²) in [6, 6.07) is 17.2. The van der Waals surface area contributed by atoms with E-state index in [1.54, 1.807) is 48.5 Å². The number of benzene rings is 3. The van der Waals surface area contributed by atoms with Crippen LogP contribution in [-0.4, -0.2) is 46.8 Å². The highest BCUT2D eigenvalue weighted by atomic mass is 32.2. The number of hydrogen-bond acceptors (Lipinski definition) is 10. The molecular formula is C33H30FN3O6S2. The van der Waals surface area contributed by atoms with E-state index >= 15 is 0 Å². The lowest BCUT2D eigenvalue weighted by Crippen LogP contribution is -2.29. The number of aliphatic hydroxyl groups excluding tert-OH is 1. The summed E-state index contributed by atoms with van der Waals surface area (Å²) in [6.45, 7) is 3.41.